The molecular formula is C22H24N2O3. The fourth-order valence-electron chi connectivity index (χ4n) is 2.98. The van der Waals surface area contributed by atoms with Gasteiger partial charge < -0.3 is 19.4 Å². The molecule has 0 bridgehead atoms. The highest BCUT2D eigenvalue weighted by Crippen LogP contribution is 2.29. The summed E-state index contributed by atoms with van der Waals surface area (Å²) in [7, 11) is 3.20. The number of aromatic nitrogens is 1. The van der Waals surface area contributed by atoms with E-state index in [0.29, 0.717) is 17.9 Å². The van der Waals surface area contributed by atoms with Crippen molar-refractivity contribution in [1.29, 1.82) is 0 Å². The zero-order valence-electron chi connectivity index (χ0n) is 15.8. The van der Waals surface area contributed by atoms with Crippen LogP contribution in [0.1, 0.15) is 24.1 Å². The van der Waals surface area contributed by atoms with Crippen molar-refractivity contribution in [2.24, 2.45) is 0 Å². The maximum atomic E-state index is 12.4. The van der Waals surface area contributed by atoms with Crippen LogP contribution in [-0.2, 0) is 11.2 Å². The van der Waals surface area contributed by atoms with Gasteiger partial charge >= 0.3 is 0 Å². The predicted molar refractivity (Wildman–Crippen MR) is 106 cm³/mol. The van der Waals surface area contributed by atoms with Crippen LogP contribution in [0.25, 0.3) is 5.69 Å². The van der Waals surface area contributed by atoms with Crippen molar-refractivity contribution in [1.82, 2.24) is 9.88 Å². The van der Waals surface area contributed by atoms with Gasteiger partial charge in [-0.2, -0.15) is 0 Å². The largest absolute Gasteiger partial charge is 0.493 e. The van der Waals surface area contributed by atoms with E-state index in [2.05, 4.69) is 5.32 Å². The Kier molecular flexibility index (Phi) is 5.81. The molecule has 1 atom stereocenters. The maximum Gasteiger partial charge on any atom is 0.224 e. The number of rotatable bonds is 7. The molecule has 1 N–H and O–H groups in total. The van der Waals surface area contributed by atoms with Crippen LogP contribution in [0, 0.1) is 0 Å². The van der Waals surface area contributed by atoms with Gasteiger partial charge in [-0.3, -0.25) is 4.79 Å². The molecule has 0 aliphatic heterocycles. The number of benzene rings is 2. The first kappa shape index (κ1) is 18.6. The zero-order chi connectivity index (χ0) is 19.2. The van der Waals surface area contributed by atoms with Gasteiger partial charge in [-0.05, 0) is 54.4 Å². The summed E-state index contributed by atoms with van der Waals surface area (Å²) in [6, 6.07) is 17.5. The maximum absolute atomic E-state index is 12.4. The summed E-state index contributed by atoms with van der Waals surface area (Å²) in [5, 5.41) is 3.04. The molecule has 5 heteroatoms. The Morgan fingerprint density at radius 3 is 2.30 bits per heavy atom. The smallest absolute Gasteiger partial charge is 0.224 e. The molecule has 0 fully saturated rings. The fraction of sp³-hybridized carbons (Fsp3) is 0.227. The molecular weight excluding hydrogens is 340 g/mol. The van der Waals surface area contributed by atoms with Crippen LogP contribution in [0.5, 0.6) is 11.5 Å². The number of nitrogens with zero attached hydrogens (tertiary/aromatic N) is 1. The minimum atomic E-state index is -0.128. The SMILES string of the molecule is COc1ccc(C(C)NC(=O)Cc2ccc(-n3cccc3)cc2)cc1OC. The van der Waals surface area contributed by atoms with E-state index in [0.717, 1.165) is 16.8 Å². The Labute approximate surface area is 159 Å². The lowest BCUT2D eigenvalue weighted by Gasteiger charge is -2.16. The van der Waals surface area contributed by atoms with E-state index in [9.17, 15) is 4.79 Å². The minimum Gasteiger partial charge on any atom is -0.493 e. The van der Waals surface area contributed by atoms with Gasteiger partial charge in [0.25, 0.3) is 0 Å². The normalized spacial score (nSPS) is 11.7. The van der Waals surface area contributed by atoms with Crippen LogP contribution in [0.2, 0.25) is 0 Å². The van der Waals surface area contributed by atoms with Gasteiger partial charge in [-0.15, -0.1) is 0 Å². The molecule has 0 saturated heterocycles. The summed E-state index contributed by atoms with van der Waals surface area (Å²) in [6.45, 7) is 1.95. The molecule has 0 spiro atoms. The number of nitrogens with one attached hydrogen (secondary N) is 1. The van der Waals surface area contributed by atoms with E-state index in [1.54, 1.807) is 14.2 Å². The van der Waals surface area contributed by atoms with Crippen molar-refractivity contribution in [2.45, 2.75) is 19.4 Å². The van der Waals surface area contributed by atoms with E-state index >= 15 is 0 Å². The van der Waals surface area contributed by atoms with Crippen molar-refractivity contribution in [2.75, 3.05) is 14.2 Å². The molecule has 3 rings (SSSR count). The van der Waals surface area contributed by atoms with E-state index in [1.165, 1.54) is 0 Å². The molecule has 1 unspecified atom stereocenters. The van der Waals surface area contributed by atoms with Crippen LogP contribution in [0.3, 0.4) is 0 Å². The van der Waals surface area contributed by atoms with Crippen molar-refractivity contribution in [3.05, 3.63) is 78.1 Å². The van der Waals surface area contributed by atoms with Crippen LogP contribution in [0.4, 0.5) is 0 Å². The molecule has 0 radical (unpaired) electrons. The lowest BCUT2D eigenvalue weighted by atomic mass is 10.1. The quantitative estimate of drug-likeness (QED) is 0.691. The summed E-state index contributed by atoms with van der Waals surface area (Å²) in [5.41, 5.74) is 3.01. The van der Waals surface area contributed by atoms with Crippen molar-refractivity contribution in [3.63, 3.8) is 0 Å². The van der Waals surface area contributed by atoms with Crippen LogP contribution in [-0.4, -0.2) is 24.7 Å². The van der Waals surface area contributed by atoms with Crippen LogP contribution in [0.15, 0.2) is 67.0 Å². The van der Waals surface area contributed by atoms with Gasteiger partial charge in [0.05, 0.1) is 26.7 Å². The first-order valence-corrected chi connectivity index (χ1v) is 8.84. The second-order valence-electron chi connectivity index (χ2n) is 6.34. The summed E-state index contributed by atoms with van der Waals surface area (Å²) >= 11 is 0. The van der Waals surface area contributed by atoms with Gasteiger partial charge in [-0.25, -0.2) is 0 Å². The first-order chi connectivity index (χ1) is 13.1. The average Bonchev–Trinajstić information content (AvgIpc) is 3.22. The zero-order valence-corrected chi connectivity index (χ0v) is 15.8. The second kappa shape index (κ2) is 8.45. The molecule has 0 saturated carbocycles. The molecule has 0 aliphatic rings. The van der Waals surface area contributed by atoms with Crippen LogP contribution >= 0.6 is 0 Å². The van der Waals surface area contributed by atoms with Gasteiger partial charge in [0.1, 0.15) is 0 Å². The Morgan fingerprint density at radius 2 is 1.67 bits per heavy atom. The monoisotopic (exact) mass is 364 g/mol. The Bertz CT molecular complexity index is 886. The highest BCUT2D eigenvalue weighted by Gasteiger charge is 2.13. The third kappa shape index (κ3) is 4.50. The average molecular weight is 364 g/mol. The molecule has 1 amide bonds. The van der Waals surface area contributed by atoms with Crippen LogP contribution < -0.4 is 14.8 Å². The molecule has 2 aromatic carbocycles. The minimum absolute atomic E-state index is 0.0222. The van der Waals surface area contributed by atoms with Crippen molar-refractivity contribution >= 4 is 5.91 Å². The first-order valence-electron chi connectivity index (χ1n) is 8.84. The number of methoxy groups -OCH3 is 2. The Morgan fingerprint density at radius 1 is 1.00 bits per heavy atom. The third-order valence-electron chi connectivity index (χ3n) is 4.49. The number of carbonyl (C=O) groups excluding carboxylic acids is 1. The van der Waals surface area contributed by atoms with Gasteiger partial charge in [0.15, 0.2) is 11.5 Å². The van der Waals surface area contributed by atoms with E-state index in [-0.39, 0.29) is 11.9 Å². The van der Waals surface area contributed by atoms with Gasteiger partial charge in [-0.1, -0.05) is 18.2 Å². The molecule has 1 aromatic heterocycles. The standard InChI is InChI=1S/C22H24N2O3/c1-16(18-8-11-20(26-2)21(15-18)27-3)23-22(25)14-17-6-9-19(10-7-17)24-12-4-5-13-24/h4-13,15-16H,14H2,1-3H3,(H,23,25). The molecule has 0 aliphatic carbocycles. The number of amides is 1. The number of carbonyl (C=O) groups is 1. The highest BCUT2D eigenvalue weighted by molar-refractivity contribution is 5.79. The van der Waals surface area contributed by atoms with Crippen molar-refractivity contribution in [3.8, 4) is 17.2 Å². The summed E-state index contributed by atoms with van der Waals surface area (Å²) < 4.78 is 12.6. The predicted octanol–water partition coefficient (Wildman–Crippen LogP) is 3.91. The summed E-state index contributed by atoms with van der Waals surface area (Å²) in [5.74, 6) is 1.30. The molecule has 3 aromatic rings. The number of hydrogen-bond acceptors (Lipinski definition) is 3. The van der Waals surface area contributed by atoms with Gasteiger partial charge in [0, 0.05) is 18.1 Å². The lowest BCUT2D eigenvalue weighted by Crippen LogP contribution is -2.28. The summed E-state index contributed by atoms with van der Waals surface area (Å²) in [6.07, 6.45) is 4.32. The summed E-state index contributed by atoms with van der Waals surface area (Å²) in [4.78, 5) is 12.4. The van der Waals surface area contributed by atoms with Gasteiger partial charge in [0.2, 0.25) is 5.91 Å². The Balaban J connectivity index is 1.61. The van der Waals surface area contributed by atoms with E-state index in [1.807, 2.05) is 78.5 Å². The topological polar surface area (TPSA) is 52.5 Å². The number of hydrogen-bond donors (Lipinski definition) is 1. The van der Waals surface area contributed by atoms with E-state index < -0.39 is 0 Å². The Hall–Kier alpha value is -3.21. The molecule has 1 heterocycles. The third-order valence-corrected chi connectivity index (χ3v) is 4.49. The van der Waals surface area contributed by atoms with E-state index in [4.69, 9.17) is 9.47 Å². The fourth-order valence-corrected chi connectivity index (χ4v) is 2.98. The van der Waals surface area contributed by atoms with Crippen molar-refractivity contribution < 1.29 is 14.3 Å². The highest BCUT2D eigenvalue weighted by atomic mass is 16.5. The lowest BCUT2D eigenvalue weighted by molar-refractivity contribution is -0.121. The number of ether oxygens (including phenoxy) is 2. The molecule has 5 nitrogen and oxygen atoms in total. The second-order valence-corrected chi connectivity index (χ2v) is 6.34. The molecule has 140 valence electrons. The molecule has 27 heavy (non-hydrogen) atoms.